The lowest BCUT2D eigenvalue weighted by Gasteiger charge is -2.10. The quantitative estimate of drug-likeness (QED) is 0.637. The maximum Gasteiger partial charge on any atom is 0.148 e. The number of hydrogen-bond acceptors (Lipinski definition) is 2. The number of furan rings is 1. The molecule has 0 aliphatic carbocycles. The van der Waals surface area contributed by atoms with Crippen molar-refractivity contribution in [1.82, 2.24) is 0 Å². The molecule has 0 saturated heterocycles. The van der Waals surface area contributed by atoms with Crippen LogP contribution < -0.4 is 0 Å². The van der Waals surface area contributed by atoms with Gasteiger partial charge in [-0.25, -0.2) is 0 Å². The molecule has 3 rings (SSSR count). The van der Waals surface area contributed by atoms with Crippen molar-refractivity contribution in [3.63, 3.8) is 0 Å². The van der Waals surface area contributed by atoms with Crippen molar-refractivity contribution >= 4 is 50.1 Å². The van der Waals surface area contributed by atoms with Crippen LogP contribution in [0.25, 0.3) is 11.0 Å². The highest BCUT2D eigenvalue weighted by molar-refractivity contribution is 9.10. The van der Waals surface area contributed by atoms with Crippen LogP contribution in [0.1, 0.15) is 17.4 Å². The molecule has 1 atom stereocenters. The van der Waals surface area contributed by atoms with Crippen LogP contribution in [0.15, 0.2) is 51.4 Å². The van der Waals surface area contributed by atoms with Gasteiger partial charge in [-0.15, -0.1) is 0 Å². The Morgan fingerprint density at radius 2 is 1.90 bits per heavy atom. The fraction of sp³-hybridized carbons (Fsp3) is 0.0667. The molecule has 0 radical (unpaired) electrons. The zero-order valence-electron chi connectivity index (χ0n) is 10.1. The van der Waals surface area contributed by atoms with Crippen LogP contribution in [0.2, 0.25) is 10.0 Å². The second-order valence-electron chi connectivity index (χ2n) is 4.38. The van der Waals surface area contributed by atoms with E-state index in [9.17, 15) is 5.11 Å². The molecule has 1 unspecified atom stereocenters. The molecule has 0 bridgehead atoms. The highest BCUT2D eigenvalue weighted by Gasteiger charge is 2.19. The summed E-state index contributed by atoms with van der Waals surface area (Å²) in [5.41, 5.74) is 1.22. The highest BCUT2D eigenvalue weighted by Crippen LogP contribution is 2.35. The number of halogens is 3. The molecule has 20 heavy (non-hydrogen) atoms. The van der Waals surface area contributed by atoms with E-state index in [0.717, 1.165) is 9.86 Å². The van der Waals surface area contributed by atoms with E-state index < -0.39 is 6.10 Å². The molecule has 0 amide bonds. The van der Waals surface area contributed by atoms with E-state index in [2.05, 4.69) is 15.9 Å². The van der Waals surface area contributed by atoms with Gasteiger partial charge in [0, 0.05) is 21.0 Å². The lowest BCUT2D eigenvalue weighted by atomic mass is 10.1. The fourth-order valence-electron chi connectivity index (χ4n) is 2.06. The summed E-state index contributed by atoms with van der Waals surface area (Å²) in [6, 6.07) is 12.5. The first-order valence-corrected chi connectivity index (χ1v) is 7.42. The van der Waals surface area contributed by atoms with Crippen LogP contribution in [0, 0.1) is 0 Å². The van der Waals surface area contributed by atoms with Gasteiger partial charge in [0.2, 0.25) is 0 Å². The molecule has 2 aromatic carbocycles. The van der Waals surface area contributed by atoms with Crippen LogP contribution in [-0.4, -0.2) is 5.11 Å². The van der Waals surface area contributed by atoms with Gasteiger partial charge in [-0.1, -0.05) is 35.3 Å². The summed E-state index contributed by atoms with van der Waals surface area (Å²) in [4.78, 5) is 0. The summed E-state index contributed by atoms with van der Waals surface area (Å²) in [6.07, 6.45) is -0.958. The SMILES string of the molecule is OC(c1cc2cccc(Br)c2o1)c1cc(Cl)ccc1Cl. The zero-order chi connectivity index (χ0) is 14.3. The van der Waals surface area contributed by atoms with E-state index in [4.69, 9.17) is 27.6 Å². The number of rotatable bonds is 2. The molecule has 5 heteroatoms. The van der Waals surface area contributed by atoms with E-state index in [1.54, 1.807) is 24.3 Å². The predicted molar refractivity (Wildman–Crippen MR) is 84.4 cm³/mol. The van der Waals surface area contributed by atoms with Gasteiger partial charge in [-0.05, 0) is 46.3 Å². The van der Waals surface area contributed by atoms with E-state index in [-0.39, 0.29) is 0 Å². The molecule has 102 valence electrons. The molecule has 0 aliphatic heterocycles. The van der Waals surface area contributed by atoms with Crippen molar-refractivity contribution in [3.8, 4) is 0 Å². The average Bonchev–Trinajstić information content (AvgIpc) is 2.86. The van der Waals surface area contributed by atoms with Crippen molar-refractivity contribution in [2.24, 2.45) is 0 Å². The van der Waals surface area contributed by atoms with Crippen molar-refractivity contribution in [3.05, 3.63) is 68.3 Å². The highest BCUT2D eigenvalue weighted by atomic mass is 79.9. The fourth-order valence-corrected chi connectivity index (χ4v) is 2.92. The van der Waals surface area contributed by atoms with Gasteiger partial charge in [0.05, 0.1) is 4.47 Å². The summed E-state index contributed by atoms with van der Waals surface area (Å²) < 4.78 is 6.55. The summed E-state index contributed by atoms with van der Waals surface area (Å²) in [7, 11) is 0. The molecule has 1 N–H and O–H groups in total. The van der Waals surface area contributed by atoms with Gasteiger partial charge in [0.15, 0.2) is 0 Å². The topological polar surface area (TPSA) is 33.4 Å². The first-order valence-electron chi connectivity index (χ1n) is 5.87. The molecule has 1 heterocycles. The maximum atomic E-state index is 10.4. The van der Waals surface area contributed by atoms with Gasteiger partial charge in [0.25, 0.3) is 0 Å². The first kappa shape index (κ1) is 14.0. The van der Waals surface area contributed by atoms with E-state index in [1.165, 1.54) is 0 Å². The summed E-state index contributed by atoms with van der Waals surface area (Å²) >= 11 is 15.5. The van der Waals surface area contributed by atoms with Gasteiger partial charge in [0.1, 0.15) is 17.4 Å². The second-order valence-corrected chi connectivity index (χ2v) is 6.07. The molecule has 0 saturated carbocycles. The molecule has 0 fully saturated rings. The first-order chi connectivity index (χ1) is 9.56. The van der Waals surface area contributed by atoms with Crippen molar-refractivity contribution < 1.29 is 9.52 Å². The Hall–Kier alpha value is -1.000. The summed E-state index contributed by atoms with van der Waals surface area (Å²) in [5.74, 6) is 0.427. The molecule has 2 nitrogen and oxygen atoms in total. The number of benzene rings is 2. The molecule has 1 aromatic heterocycles. The second kappa shape index (κ2) is 5.41. The number of fused-ring (bicyclic) bond motifs is 1. The monoisotopic (exact) mass is 370 g/mol. The van der Waals surface area contributed by atoms with E-state index in [0.29, 0.717) is 27.0 Å². The van der Waals surface area contributed by atoms with Crippen LogP contribution in [0.3, 0.4) is 0 Å². The van der Waals surface area contributed by atoms with Crippen molar-refractivity contribution in [2.45, 2.75) is 6.10 Å². The summed E-state index contributed by atoms with van der Waals surface area (Å²) in [5, 5.41) is 12.3. The molecule has 0 aliphatic rings. The lowest BCUT2D eigenvalue weighted by molar-refractivity contribution is 0.192. The van der Waals surface area contributed by atoms with Crippen LogP contribution in [0.4, 0.5) is 0 Å². The standard InChI is InChI=1S/C15H9BrCl2O2/c16-11-3-1-2-8-6-13(20-15(8)11)14(19)10-7-9(17)4-5-12(10)18/h1-7,14,19H. The van der Waals surface area contributed by atoms with Gasteiger partial charge in [-0.2, -0.15) is 0 Å². The number of hydrogen-bond donors (Lipinski definition) is 1. The van der Waals surface area contributed by atoms with Crippen molar-refractivity contribution in [1.29, 1.82) is 0 Å². The Labute approximate surface area is 134 Å². The molecule has 0 spiro atoms. The normalized spacial score (nSPS) is 12.8. The average molecular weight is 372 g/mol. The van der Waals surface area contributed by atoms with Crippen LogP contribution in [0.5, 0.6) is 0 Å². The van der Waals surface area contributed by atoms with Crippen LogP contribution in [-0.2, 0) is 0 Å². The van der Waals surface area contributed by atoms with Crippen LogP contribution >= 0.6 is 39.1 Å². The smallest absolute Gasteiger partial charge is 0.148 e. The summed E-state index contributed by atoms with van der Waals surface area (Å²) in [6.45, 7) is 0. The minimum atomic E-state index is -0.958. The Morgan fingerprint density at radius 1 is 1.10 bits per heavy atom. The number of aliphatic hydroxyl groups is 1. The number of para-hydroxylation sites is 1. The largest absolute Gasteiger partial charge is 0.457 e. The lowest BCUT2D eigenvalue weighted by Crippen LogP contribution is -1.98. The number of aliphatic hydroxyl groups excluding tert-OH is 1. The molecular formula is C15H9BrCl2O2. The van der Waals surface area contributed by atoms with E-state index in [1.807, 2.05) is 18.2 Å². The Morgan fingerprint density at radius 3 is 2.65 bits per heavy atom. The zero-order valence-corrected chi connectivity index (χ0v) is 13.2. The predicted octanol–water partition coefficient (Wildman–Crippen LogP) is 5.58. The Kier molecular flexibility index (Phi) is 3.78. The van der Waals surface area contributed by atoms with Gasteiger partial charge < -0.3 is 9.52 Å². The van der Waals surface area contributed by atoms with Crippen molar-refractivity contribution in [2.75, 3.05) is 0 Å². The van der Waals surface area contributed by atoms with Gasteiger partial charge >= 0.3 is 0 Å². The molecule has 3 aromatic rings. The van der Waals surface area contributed by atoms with E-state index >= 15 is 0 Å². The third-order valence-corrected chi connectivity index (χ3v) is 4.24. The third-order valence-electron chi connectivity index (χ3n) is 3.04. The minimum Gasteiger partial charge on any atom is -0.457 e. The minimum absolute atomic E-state index is 0.427. The van der Waals surface area contributed by atoms with Gasteiger partial charge in [-0.3, -0.25) is 0 Å². The Balaban J connectivity index is 2.10. The third kappa shape index (κ3) is 2.47. The maximum absolute atomic E-state index is 10.4. The Bertz CT molecular complexity index is 783. The molecular weight excluding hydrogens is 363 g/mol.